The highest BCUT2D eigenvalue weighted by molar-refractivity contribution is 7.92. The summed E-state index contributed by atoms with van der Waals surface area (Å²) >= 11 is 0. The Hall–Kier alpha value is -3.40. The Kier molecular flexibility index (Phi) is 6.87. The van der Waals surface area contributed by atoms with Crippen molar-refractivity contribution in [1.82, 2.24) is 15.5 Å². The van der Waals surface area contributed by atoms with Crippen LogP contribution in [0.5, 0.6) is 5.75 Å². The van der Waals surface area contributed by atoms with Crippen LogP contribution in [0.2, 0.25) is 0 Å². The van der Waals surface area contributed by atoms with Crippen LogP contribution in [0.3, 0.4) is 0 Å². The summed E-state index contributed by atoms with van der Waals surface area (Å²) in [6.07, 6.45) is 5.37. The van der Waals surface area contributed by atoms with Gasteiger partial charge in [0.25, 0.3) is 15.9 Å². The summed E-state index contributed by atoms with van der Waals surface area (Å²) in [5, 5.41) is 7.21. The van der Waals surface area contributed by atoms with E-state index in [-0.39, 0.29) is 16.4 Å². The lowest BCUT2D eigenvalue weighted by Gasteiger charge is -2.30. The molecule has 2 aromatic carbocycles. The molecule has 1 saturated carbocycles. The molecule has 1 aliphatic rings. The smallest absolute Gasteiger partial charge is 0.261 e. The molecule has 2 N–H and O–H groups in total. The second-order valence-electron chi connectivity index (χ2n) is 8.45. The molecule has 0 radical (unpaired) electrons. The Morgan fingerprint density at radius 3 is 2.38 bits per heavy atom. The second kappa shape index (κ2) is 9.84. The molecule has 0 spiro atoms. The van der Waals surface area contributed by atoms with Crippen molar-refractivity contribution in [3.05, 3.63) is 65.8 Å². The van der Waals surface area contributed by atoms with E-state index in [2.05, 4.69) is 20.2 Å². The Morgan fingerprint density at radius 2 is 1.76 bits per heavy atom. The SMILES string of the molecule is COc1ccc(NS(=O)(=O)c2cccc(C(=O)NC3(c4noc(C)n4)CCCCCC3)c2)cc1. The largest absolute Gasteiger partial charge is 0.497 e. The highest BCUT2D eigenvalue weighted by Crippen LogP contribution is 2.35. The highest BCUT2D eigenvalue weighted by atomic mass is 32.2. The first kappa shape index (κ1) is 23.7. The number of hydrogen-bond donors (Lipinski definition) is 2. The van der Waals surface area contributed by atoms with E-state index in [1.807, 2.05) is 0 Å². The van der Waals surface area contributed by atoms with Crippen LogP contribution in [-0.2, 0) is 15.6 Å². The minimum Gasteiger partial charge on any atom is -0.497 e. The number of carbonyl (C=O) groups is 1. The molecule has 0 unspecified atom stereocenters. The van der Waals surface area contributed by atoms with Crippen LogP contribution in [0.15, 0.2) is 57.9 Å². The highest BCUT2D eigenvalue weighted by Gasteiger charge is 2.39. The molecule has 1 amide bonds. The van der Waals surface area contributed by atoms with Crippen LogP contribution in [0.4, 0.5) is 5.69 Å². The molecular formula is C24H28N4O5S. The lowest BCUT2D eigenvalue weighted by molar-refractivity contribution is 0.0876. The van der Waals surface area contributed by atoms with Crippen molar-refractivity contribution in [2.24, 2.45) is 0 Å². The molecule has 0 bridgehead atoms. The first-order valence-corrected chi connectivity index (χ1v) is 12.7. The third kappa shape index (κ3) is 5.22. The van der Waals surface area contributed by atoms with Crippen molar-refractivity contribution in [3.8, 4) is 5.75 Å². The van der Waals surface area contributed by atoms with Gasteiger partial charge in [0.2, 0.25) is 5.89 Å². The molecule has 9 nitrogen and oxygen atoms in total. The molecule has 180 valence electrons. The number of rotatable bonds is 7. The van der Waals surface area contributed by atoms with Gasteiger partial charge in [-0.2, -0.15) is 4.98 Å². The summed E-state index contributed by atoms with van der Waals surface area (Å²) in [5.41, 5.74) is -0.122. The van der Waals surface area contributed by atoms with E-state index in [1.54, 1.807) is 43.3 Å². The van der Waals surface area contributed by atoms with Crippen LogP contribution < -0.4 is 14.8 Å². The number of benzene rings is 2. The van der Waals surface area contributed by atoms with E-state index < -0.39 is 15.6 Å². The molecular weight excluding hydrogens is 456 g/mol. The van der Waals surface area contributed by atoms with Gasteiger partial charge in [0.05, 0.1) is 12.0 Å². The van der Waals surface area contributed by atoms with Crippen LogP contribution in [-0.4, -0.2) is 31.6 Å². The van der Waals surface area contributed by atoms with Crippen molar-refractivity contribution in [2.45, 2.75) is 55.9 Å². The number of nitrogens with zero attached hydrogens (tertiary/aromatic N) is 2. The van der Waals surface area contributed by atoms with Crippen LogP contribution in [0.1, 0.15) is 60.6 Å². The molecule has 0 saturated heterocycles. The quantitative estimate of drug-likeness (QED) is 0.483. The Morgan fingerprint density at radius 1 is 1.06 bits per heavy atom. The average molecular weight is 485 g/mol. The van der Waals surface area contributed by atoms with Gasteiger partial charge < -0.3 is 14.6 Å². The van der Waals surface area contributed by atoms with E-state index in [1.165, 1.54) is 19.2 Å². The molecule has 3 aromatic rings. The number of sulfonamides is 1. The Labute approximate surface area is 199 Å². The third-order valence-corrected chi connectivity index (χ3v) is 7.39. The summed E-state index contributed by atoms with van der Waals surface area (Å²) in [4.78, 5) is 17.7. The van der Waals surface area contributed by atoms with Crippen LogP contribution in [0, 0.1) is 6.92 Å². The minimum absolute atomic E-state index is 0.0127. The number of anilines is 1. The van der Waals surface area contributed by atoms with E-state index in [0.29, 0.717) is 36.0 Å². The van der Waals surface area contributed by atoms with Crippen molar-refractivity contribution in [3.63, 3.8) is 0 Å². The number of ether oxygens (including phenoxy) is 1. The van der Waals surface area contributed by atoms with Crippen LogP contribution >= 0.6 is 0 Å². The van der Waals surface area contributed by atoms with E-state index in [9.17, 15) is 13.2 Å². The Balaban J connectivity index is 1.57. The third-order valence-electron chi connectivity index (χ3n) is 6.01. The predicted octanol–water partition coefficient (Wildman–Crippen LogP) is 4.17. The van der Waals surface area contributed by atoms with Crippen molar-refractivity contribution >= 4 is 21.6 Å². The maximum Gasteiger partial charge on any atom is 0.261 e. The maximum atomic E-state index is 13.3. The lowest BCUT2D eigenvalue weighted by Crippen LogP contribution is -2.46. The van der Waals surface area contributed by atoms with Crippen molar-refractivity contribution < 1.29 is 22.5 Å². The van der Waals surface area contributed by atoms with Gasteiger partial charge in [-0.3, -0.25) is 9.52 Å². The average Bonchev–Trinajstić information content (AvgIpc) is 3.14. The summed E-state index contributed by atoms with van der Waals surface area (Å²) in [7, 11) is -2.37. The number of nitrogens with one attached hydrogen (secondary N) is 2. The lowest BCUT2D eigenvalue weighted by atomic mass is 9.88. The molecule has 1 heterocycles. The standard InChI is InChI=1S/C24H28N4O5S/c1-17-25-23(27-33-17)24(14-5-3-4-6-15-24)26-22(29)18-8-7-9-21(16-18)34(30,31)28-19-10-12-20(32-2)13-11-19/h7-13,16,28H,3-6,14-15H2,1-2H3,(H,26,29). The first-order chi connectivity index (χ1) is 16.3. The molecule has 10 heteroatoms. The summed E-state index contributed by atoms with van der Waals surface area (Å²) in [6.45, 7) is 1.72. The number of carbonyl (C=O) groups excluding carboxylic acids is 1. The number of amides is 1. The summed E-state index contributed by atoms with van der Waals surface area (Å²) < 4.78 is 38.7. The zero-order valence-corrected chi connectivity index (χ0v) is 20.0. The molecule has 0 aliphatic heterocycles. The van der Waals surface area contributed by atoms with Gasteiger partial charge >= 0.3 is 0 Å². The van der Waals surface area contributed by atoms with E-state index in [0.717, 1.165) is 25.7 Å². The maximum absolute atomic E-state index is 13.3. The van der Waals surface area contributed by atoms with Gasteiger partial charge in [-0.1, -0.05) is 36.9 Å². The number of aryl methyl sites for hydroxylation is 1. The fourth-order valence-electron chi connectivity index (χ4n) is 4.20. The number of methoxy groups -OCH3 is 1. The van der Waals surface area contributed by atoms with Crippen LogP contribution in [0.25, 0.3) is 0 Å². The fraction of sp³-hybridized carbons (Fsp3) is 0.375. The van der Waals surface area contributed by atoms with E-state index >= 15 is 0 Å². The normalized spacial score (nSPS) is 15.8. The summed E-state index contributed by atoms with van der Waals surface area (Å²) in [5.74, 6) is 1.13. The Bertz CT molecular complexity index is 1250. The second-order valence-corrected chi connectivity index (χ2v) is 10.1. The fourth-order valence-corrected chi connectivity index (χ4v) is 5.30. The summed E-state index contributed by atoms with van der Waals surface area (Å²) in [6, 6.07) is 12.5. The molecule has 1 aromatic heterocycles. The monoisotopic (exact) mass is 484 g/mol. The van der Waals surface area contributed by atoms with Crippen molar-refractivity contribution in [2.75, 3.05) is 11.8 Å². The number of hydrogen-bond acceptors (Lipinski definition) is 7. The molecule has 34 heavy (non-hydrogen) atoms. The van der Waals surface area contributed by atoms with Gasteiger partial charge in [-0.25, -0.2) is 8.42 Å². The topological polar surface area (TPSA) is 123 Å². The zero-order valence-electron chi connectivity index (χ0n) is 19.2. The molecule has 1 fully saturated rings. The van der Waals surface area contributed by atoms with Gasteiger partial charge in [0.1, 0.15) is 11.3 Å². The predicted molar refractivity (Wildman–Crippen MR) is 126 cm³/mol. The van der Waals surface area contributed by atoms with Crippen molar-refractivity contribution in [1.29, 1.82) is 0 Å². The van der Waals surface area contributed by atoms with Gasteiger partial charge in [0, 0.05) is 18.2 Å². The zero-order chi connectivity index (χ0) is 24.2. The molecule has 0 atom stereocenters. The molecule has 4 rings (SSSR count). The molecule has 1 aliphatic carbocycles. The van der Waals surface area contributed by atoms with Gasteiger partial charge in [-0.15, -0.1) is 0 Å². The number of aromatic nitrogens is 2. The van der Waals surface area contributed by atoms with Gasteiger partial charge in [-0.05, 0) is 55.3 Å². The van der Waals surface area contributed by atoms with Gasteiger partial charge in [0.15, 0.2) is 5.82 Å². The first-order valence-electron chi connectivity index (χ1n) is 11.2. The van der Waals surface area contributed by atoms with E-state index in [4.69, 9.17) is 9.26 Å². The minimum atomic E-state index is -3.90.